The molecule has 2 aromatic carbocycles. The first kappa shape index (κ1) is 20.6. The van der Waals surface area contributed by atoms with Crippen molar-refractivity contribution in [2.75, 3.05) is 5.32 Å². The molecule has 0 fully saturated rings. The molecular formula is C20H24N2O4S. The van der Waals surface area contributed by atoms with Crippen molar-refractivity contribution in [1.82, 2.24) is 5.32 Å². The summed E-state index contributed by atoms with van der Waals surface area (Å²) in [6, 6.07) is 13.2. The fourth-order valence-electron chi connectivity index (χ4n) is 2.23. The van der Waals surface area contributed by atoms with Gasteiger partial charge in [0.05, 0.1) is 5.56 Å². The number of urea groups is 1. The van der Waals surface area contributed by atoms with Crippen LogP contribution in [0.15, 0.2) is 48.5 Å². The van der Waals surface area contributed by atoms with E-state index in [1.807, 2.05) is 39.0 Å². The van der Waals surface area contributed by atoms with Crippen LogP contribution in [0, 0.1) is 0 Å². The molecule has 1 atom stereocenters. The Morgan fingerprint density at radius 2 is 1.70 bits per heavy atom. The molecule has 3 N–H and O–H groups in total. The Kier molecular flexibility index (Phi) is 6.74. The van der Waals surface area contributed by atoms with Crippen LogP contribution in [0.4, 0.5) is 10.5 Å². The highest BCUT2D eigenvalue weighted by Gasteiger charge is 2.19. The summed E-state index contributed by atoms with van der Waals surface area (Å²) < 4.78 is 12.0. The molecule has 0 bridgehead atoms. The van der Waals surface area contributed by atoms with Gasteiger partial charge in [-0.25, -0.2) is 9.59 Å². The Hall–Kier alpha value is -2.67. The van der Waals surface area contributed by atoms with E-state index in [0.29, 0.717) is 11.4 Å². The van der Waals surface area contributed by atoms with Gasteiger partial charge in [0.25, 0.3) is 0 Å². The first-order chi connectivity index (χ1) is 12.6. The number of amides is 2. The highest BCUT2D eigenvalue weighted by atomic mass is 32.2. The number of carboxylic acid groups (broad SMARTS) is 1. The van der Waals surface area contributed by atoms with E-state index in [1.54, 1.807) is 18.2 Å². The lowest BCUT2D eigenvalue weighted by Gasteiger charge is -2.18. The minimum Gasteiger partial charge on any atom is -0.478 e. The zero-order valence-electron chi connectivity index (χ0n) is 15.6. The lowest BCUT2D eigenvalue weighted by atomic mass is 10.1. The van der Waals surface area contributed by atoms with Crippen LogP contribution in [-0.2, 0) is 23.1 Å². The zero-order chi connectivity index (χ0) is 20.0. The van der Waals surface area contributed by atoms with Crippen LogP contribution in [0.25, 0.3) is 0 Å². The van der Waals surface area contributed by atoms with E-state index in [4.69, 9.17) is 5.11 Å². The van der Waals surface area contributed by atoms with Gasteiger partial charge in [0.1, 0.15) is 0 Å². The van der Waals surface area contributed by atoms with E-state index in [1.165, 1.54) is 12.1 Å². The van der Waals surface area contributed by atoms with Crippen molar-refractivity contribution in [3.63, 3.8) is 0 Å². The largest absolute Gasteiger partial charge is 0.478 e. The topological polar surface area (TPSA) is 95.5 Å². The molecule has 0 radical (unpaired) electrons. The first-order valence-electron chi connectivity index (χ1n) is 8.49. The van der Waals surface area contributed by atoms with Crippen LogP contribution in [0.1, 0.15) is 42.3 Å². The number of carboxylic acids is 1. The van der Waals surface area contributed by atoms with Crippen LogP contribution >= 0.6 is 0 Å². The van der Waals surface area contributed by atoms with Crippen molar-refractivity contribution < 1.29 is 18.9 Å². The number of carbonyl (C=O) groups excluding carboxylic acids is 1. The van der Waals surface area contributed by atoms with Crippen LogP contribution in [0.5, 0.6) is 0 Å². The van der Waals surface area contributed by atoms with Crippen molar-refractivity contribution in [1.29, 1.82) is 0 Å². The molecule has 2 amide bonds. The van der Waals surface area contributed by atoms with Gasteiger partial charge in [-0.15, -0.1) is 0 Å². The minimum atomic E-state index is -1.01. The fourth-order valence-corrected chi connectivity index (χ4v) is 3.14. The summed E-state index contributed by atoms with van der Waals surface area (Å²) in [4.78, 5) is 22.9. The number of carbonyl (C=O) groups is 2. The molecule has 7 heteroatoms. The Morgan fingerprint density at radius 3 is 2.30 bits per heavy atom. The van der Waals surface area contributed by atoms with Gasteiger partial charge in [-0.05, 0) is 56.2 Å². The van der Waals surface area contributed by atoms with E-state index >= 15 is 0 Å². The highest BCUT2D eigenvalue weighted by molar-refractivity contribution is 7.85. The van der Waals surface area contributed by atoms with E-state index in [0.717, 1.165) is 11.1 Å². The van der Waals surface area contributed by atoms with Crippen LogP contribution in [0.2, 0.25) is 0 Å². The molecule has 0 saturated carbocycles. The summed E-state index contributed by atoms with van der Waals surface area (Å²) in [5.74, 6) is -0.559. The number of benzene rings is 2. The monoisotopic (exact) mass is 388 g/mol. The maximum Gasteiger partial charge on any atom is 0.335 e. The first-order valence-corrected chi connectivity index (χ1v) is 9.81. The maximum atomic E-state index is 12.3. The predicted octanol–water partition coefficient (Wildman–Crippen LogP) is 3.75. The number of aromatic carboxylic acids is 1. The maximum absolute atomic E-state index is 12.3. The van der Waals surface area contributed by atoms with Crippen molar-refractivity contribution in [3.8, 4) is 0 Å². The number of hydrogen-bond donors (Lipinski definition) is 3. The van der Waals surface area contributed by atoms with E-state index < -0.39 is 16.8 Å². The Balaban J connectivity index is 1.91. The summed E-state index contributed by atoms with van der Waals surface area (Å²) in [7, 11) is -1.01. The van der Waals surface area contributed by atoms with Crippen LogP contribution < -0.4 is 10.6 Å². The fraction of sp³-hybridized carbons (Fsp3) is 0.300. The molecule has 0 aliphatic heterocycles. The smallest absolute Gasteiger partial charge is 0.335 e. The lowest BCUT2D eigenvalue weighted by Crippen LogP contribution is -2.28. The number of hydrogen-bond acceptors (Lipinski definition) is 3. The molecule has 6 nitrogen and oxygen atoms in total. The molecule has 1 unspecified atom stereocenters. The molecule has 27 heavy (non-hydrogen) atoms. The summed E-state index contributed by atoms with van der Waals surface area (Å²) in [6.45, 7) is 6.07. The lowest BCUT2D eigenvalue weighted by molar-refractivity contribution is 0.0697. The van der Waals surface area contributed by atoms with Gasteiger partial charge in [-0.1, -0.05) is 24.3 Å². The summed E-state index contributed by atoms with van der Waals surface area (Å²) in [5, 5.41) is 14.4. The average molecular weight is 388 g/mol. The predicted molar refractivity (Wildman–Crippen MR) is 107 cm³/mol. The molecule has 0 aliphatic rings. The molecule has 0 spiro atoms. The van der Waals surface area contributed by atoms with E-state index in [2.05, 4.69) is 10.6 Å². The molecule has 2 rings (SSSR count). The molecule has 144 valence electrons. The molecule has 2 aromatic rings. The van der Waals surface area contributed by atoms with Gasteiger partial charge >= 0.3 is 12.0 Å². The second kappa shape index (κ2) is 8.81. The third kappa shape index (κ3) is 6.53. The second-order valence-corrected chi connectivity index (χ2v) is 9.32. The van der Waals surface area contributed by atoms with Gasteiger partial charge in [-0.2, -0.15) is 0 Å². The standard InChI is InChI=1S/C20H24N2O4S/c1-20(2,3)27(26)13-15-5-4-6-17(11-15)22-19(25)21-12-14-7-9-16(10-8-14)18(23)24/h4-11H,12-13H2,1-3H3,(H,23,24)(H2,21,22,25). The number of anilines is 1. The normalized spacial score (nSPS) is 12.3. The van der Waals surface area contributed by atoms with Gasteiger partial charge < -0.3 is 15.7 Å². The quantitative estimate of drug-likeness (QED) is 0.702. The number of nitrogens with one attached hydrogen (secondary N) is 2. The Labute approximate surface area is 161 Å². The molecule has 0 heterocycles. The van der Waals surface area contributed by atoms with E-state index in [-0.39, 0.29) is 22.9 Å². The average Bonchev–Trinajstić information content (AvgIpc) is 2.60. The summed E-state index contributed by atoms with van der Waals surface area (Å²) in [6.07, 6.45) is 0. The second-order valence-electron chi connectivity index (χ2n) is 7.11. The van der Waals surface area contributed by atoms with Crippen LogP contribution in [-0.4, -0.2) is 26.1 Å². The molecule has 0 saturated heterocycles. The molecule has 0 aromatic heterocycles. The van der Waals surface area contributed by atoms with Crippen molar-refractivity contribution >= 4 is 28.5 Å². The van der Waals surface area contributed by atoms with Gasteiger partial charge in [0, 0.05) is 33.5 Å². The van der Waals surface area contributed by atoms with Crippen molar-refractivity contribution in [3.05, 3.63) is 65.2 Å². The third-order valence-corrected chi connectivity index (χ3v) is 5.78. The van der Waals surface area contributed by atoms with Gasteiger partial charge in [0.15, 0.2) is 0 Å². The van der Waals surface area contributed by atoms with E-state index in [9.17, 15) is 13.8 Å². The minimum absolute atomic E-state index is 0.202. The van der Waals surface area contributed by atoms with Crippen molar-refractivity contribution in [2.24, 2.45) is 0 Å². The third-order valence-electron chi connectivity index (χ3n) is 3.82. The van der Waals surface area contributed by atoms with Gasteiger partial charge in [0.2, 0.25) is 0 Å². The Morgan fingerprint density at radius 1 is 1.04 bits per heavy atom. The molecular weight excluding hydrogens is 364 g/mol. The highest BCUT2D eigenvalue weighted by Crippen LogP contribution is 2.18. The summed E-state index contributed by atoms with van der Waals surface area (Å²) >= 11 is 0. The number of rotatable bonds is 6. The Bertz CT molecular complexity index is 842. The van der Waals surface area contributed by atoms with Crippen LogP contribution in [0.3, 0.4) is 0 Å². The van der Waals surface area contributed by atoms with Gasteiger partial charge in [-0.3, -0.25) is 4.21 Å². The zero-order valence-corrected chi connectivity index (χ0v) is 16.4. The molecule has 0 aliphatic carbocycles. The summed E-state index contributed by atoms with van der Waals surface area (Å²) in [5.41, 5.74) is 2.51. The van der Waals surface area contributed by atoms with Crippen molar-refractivity contribution in [2.45, 2.75) is 37.8 Å². The SMILES string of the molecule is CC(C)(C)S(=O)Cc1cccc(NC(=O)NCc2ccc(C(=O)O)cc2)c1.